The van der Waals surface area contributed by atoms with Crippen molar-refractivity contribution in [2.75, 3.05) is 12.4 Å². The van der Waals surface area contributed by atoms with Crippen molar-refractivity contribution in [1.29, 1.82) is 0 Å². The Bertz CT molecular complexity index is 797. The zero-order valence-electron chi connectivity index (χ0n) is 12.4. The molecule has 0 bridgehead atoms. The number of rotatable bonds is 4. The Morgan fingerprint density at radius 3 is 2.73 bits per heavy atom. The lowest BCUT2D eigenvalue weighted by atomic mass is 9.88. The van der Waals surface area contributed by atoms with Gasteiger partial charge in [-0.25, -0.2) is 0 Å². The van der Waals surface area contributed by atoms with Crippen molar-refractivity contribution in [1.82, 2.24) is 4.57 Å². The molecule has 0 radical (unpaired) electrons. The molecule has 116 valence electrons. The van der Waals surface area contributed by atoms with Crippen LogP contribution in [-0.2, 0) is 11.8 Å². The fourth-order valence-corrected chi connectivity index (χ4v) is 2.80. The molecule has 2 unspecified atom stereocenters. The molecule has 1 aliphatic carbocycles. The molecule has 0 amide bonds. The number of pyridine rings is 1. The normalized spacial score (nSPS) is 20.6. The van der Waals surface area contributed by atoms with Crippen LogP contribution in [0.15, 0.2) is 29.1 Å². The molecule has 1 heterocycles. The van der Waals surface area contributed by atoms with E-state index in [9.17, 15) is 14.9 Å². The van der Waals surface area contributed by atoms with Crippen LogP contribution in [-0.4, -0.2) is 28.7 Å². The lowest BCUT2D eigenvalue weighted by Crippen LogP contribution is -2.44. The summed E-state index contributed by atoms with van der Waals surface area (Å²) in [7, 11) is 3.31. The first kappa shape index (κ1) is 14.5. The summed E-state index contributed by atoms with van der Waals surface area (Å²) in [4.78, 5) is 22.6. The van der Waals surface area contributed by atoms with E-state index in [1.165, 1.54) is 22.8 Å². The fourth-order valence-electron chi connectivity index (χ4n) is 2.80. The number of ether oxygens (including phenoxy) is 1. The number of hydrogen-bond acceptors (Lipinski definition) is 5. The zero-order chi connectivity index (χ0) is 15.9. The van der Waals surface area contributed by atoms with Gasteiger partial charge in [0.15, 0.2) is 0 Å². The van der Waals surface area contributed by atoms with Gasteiger partial charge in [0, 0.05) is 43.4 Å². The molecule has 0 saturated heterocycles. The highest BCUT2D eigenvalue weighted by atomic mass is 16.6. The Balaban J connectivity index is 2.11. The average Bonchev–Trinajstić information content (AvgIpc) is 2.48. The quantitative estimate of drug-likeness (QED) is 0.690. The lowest BCUT2D eigenvalue weighted by molar-refractivity contribution is -0.384. The van der Waals surface area contributed by atoms with Gasteiger partial charge in [-0.2, -0.15) is 0 Å². The minimum absolute atomic E-state index is 0.00565. The van der Waals surface area contributed by atoms with E-state index in [4.69, 9.17) is 4.74 Å². The molecule has 7 nitrogen and oxygen atoms in total. The maximum Gasteiger partial charge on any atom is 0.270 e. The van der Waals surface area contributed by atoms with Crippen LogP contribution in [0, 0.1) is 10.1 Å². The summed E-state index contributed by atoms with van der Waals surface area (Å²) in [6.45, 7) is 0. The maximum atomic E-state index is 12.1. The fraction of sp³-hybridized carbons (Fsp3) is 0.400. The highest BCUT2D eigenvalue weighted by Gasteiger charge is 2.31. The SMILES string of the molecule is COC1CCC1Nc1cc(=O)n(C)c2ccc([N+](=O)[O-])cc12. The summed E-state index contributed by atoms with van der Waals surface area (Å²) in [6, 6.07) is 6.12. The van der Waals surface area contributed by atoms with Gasteiger partial charge in [0.05, 0.1) is 22.6 Å². The van der Waals surface area contributed by atoms with Gasteiger partial charge in [0.25, 0.3) is 11.2 Å². The minimum Gasteiger partial charge on any atom is -0.379 e. The van der Waals surface area contributed by atoms with Crippen LogP contribution >= 0.6 is 0 Å². The largest absolute Gasteiger partial charge is 0.379 e. The Labute approximate surface area is 126 Å². The van der Waals surface area contributed by atoms with E-state index in [-0.39, 0.29) is 23.4 Å². The Morgan fingerprint density at radius 2 is 2.14 bits per heavy atom. The lowest BCUT2D eigenvalue weighted by Gasteiger charge is -2.36. The van der Waals surface area contributed by atoms with Crippen LogP contribution in [0.25, 0.3) is 10.9 Å². The van der Waals surface area contributed by atoms with E-state index in [1.54, 1.807) is 20.2 Å². The van der Waals surface area contributed by atoms with Gasteiger partial charge in [-0.3, -0.25) is 14.9 Å². The monoisotopic (exact) mass is 303 g/mol. The number of nitrogens with one attached hydrogen (secondary N) is 1. The van der Waals surface area contributed by atoms with Crippen LogP contribution in [0.1, 0.15) is 12.8 Å². The van der Waals surface area contributed by atoms with Gasteiger partial charge in [-0.05, 0) is 18.9 Å². The second kappa shape index (κ2) is 5.42. The standard InChI is InChI=1S/C15H17N3O4/c1-17-13-5-3-9(18(20)21)7-10(13)12(8-15(17)19)16-11-4-6-14(11)22-2/h3,5,7-8,11,14,16H,4,6H2,1-2H3. The minimum atomic E-state index is -0.435. The summed E-state index contributed by atoms with van der Waals surface area (Å²) in [5.74, 6) is 0. The van der Waals surface area contributed by atoms with Gasteiger partial charge in [-0.15, -0.1) is 0 Å². The van der Waals surface area contributed by atoms with Crippen LogP contribution in [0.3, 0.4) is 0 Å². The van der Waals surface area contributed by atoms with E-state index in [1.807, 2.05) is 0 Å². The van der Waals surface area contributed by atoms with Crippen molar-refractivity contribution in [2.45, 2.75) is 25.0 Å². The first-order valence-corrected chi connectivity index (χ1v) is 7.09. The van der Waals surface area contributed by atoms with Crippen LogP contribution in [0.5, 0.6) is 0 Å². The predicted molar refractivity (Wildman–Crippen MR) is 83.3 cm³/mol. The Kier molecular flexibility index (Phi) is 3.58. The smallest absolute Gasteiger partial charge is 0.270 e. The molecule has 3 rings (SSSR count). The number of benzene rings is 1. The highest BCUT2D eigenvalue weighted by Crippen LogP contribution is 2.31. The number of anilines is 1. The van der Waals surface area contributed by atoms with Gasteiger partial charge >= 0.3 is 0 Å². The number of aromatic nitrogens is 1. The van der Waals surface area contributed by atoms with Crippen molar-refractivity contribution >= 4 is 22.3 Å². The van der Waals surface area contributed by atoms with Crippen molar-refractivity contribution in [3.05, 3.63) is 44.7 Å². The number of methoxy groups -OCH3 is 1. The van der Waals surface area contributed by atoms with Gasteiger partial charge in [0.2, 0.25) is 0 Å². The van der Waals surface area contributed by atoms with E-state index >= 15 is 0 Å². The van der Waals surface area contributed by atoms with Crippen LogP contribution in [0.2, 0.25) is 0 Å². The molecule has 2 aromatic rings. The summed E-state index contributed by atoms with van der Waals surface area (Å²) >= 11 is 0. The van der Waals surface area contributed by atoms with E-state index in [0.29, 0.717) is 16.6 Å². The van der Waals surface area contributed by atoms with E-state index < -0.39 is 4.92 Å². The van der Waals surface area contributed by atoms with Crippen molar-refractivity contribution in [2.24, 2.45) is 7.05 Å². The molecule has 0 aliphatic heterocycles. The third-order valence-corrected chi connectivity index (χ3v) is 4.30. The third kappa shape index (κ3) is 2.33. The first-order valence-electron chi connectivity index (χ1n) is 7.09. The van der Waals surface area contributed by atoms with Crippen molar-refractivity contribution in [3.63, 3.8) is 0 Å². The molecule has 0 spiro atoms. The van der Waals surface area contributed by atoms with Crippen LogP contribution < -0.4 is 10.9 Å². The number of aryl methyl sites for hydroxylation is 1. The molecule has 1 aromatic heterocycles. The maximum absolute atomic E-state index is 12.1. The number of hydrogen-bond donors (Lipinski definition) is 1. The molecule has 1 fully saturated rings. The second-order valence-electron chi connectivity index (χ2n) is 5.52. The number of nitro groups is 1. The summed E-state index contributed by atoms with van der Waals surface area (Å²) in [5.41, 5.74) is 1.13. The number of nitro benzene ring substituents is 1. The number of nitrogens with zero attached hydrogens (tertiary/aromatic N) is 2. The van der Waals surface area contributed by atoms with Gasteiger partial charge < -0.3 is 14.6 Å². The summed E-state index contributed by atoms with van der Waals surface area (Å²) in [5, 5.41) is 15.0. The summed E-state index contributed by atoms with van der Waals surface area (Å²) < 4.78 is 6.83. The summed E-state index contributed by atoms with van der Waals surface area (Å²) in [6.07, 6.45) is 2.03. The highest BCUT2D eigenvalue weighted by molar-refractivity contribution is 5.93. The first-order chi connectivity index (χ1) is 10.5. The zero-order valence-corrected chi connectivity index (χ0v) is 12.4. The van der Waals surface area contributed by atoms with Crippen molar-refractivity contribution < 1.29 is 9.66 Å². The topological polar surface area (TPSA) is 86.4 Å². The van der Waals surface area contributed by atoms with Crippen molar-refractivity contribution in [3.8, 4) is 0 Å². The average molecular weight is 303 g/mol. The number of non-ortho nitro benzene ring substituents is 1. The third-order valence-electron chi connectivity index (χ3n) is 4.30. The molecular weight excluding hydrogens is 286 g/mol. The molecule has 1 aliphatic rings. The predicted octanol–water partition coefficient (Wildman–Crippen LogP) is 2.04. The Hall–Kier alpha value is -2.41. The molecule has 1 saturated carbocycles. The molecule has 22 heavy (non-hydrogen) atoms. The van der Waals surface area contributed by atoms with Gasteiger partial charge in [0.1, 0.15) is 0 Å². The van der Waals surface area contributed by atoms with Crippen LogP contribution in [0.4, 0.5) is 11.4 Å². The van der Waals surface area contributed by atoms with E-state index in [2.05, 4.69) is 5.32 Å². The molecule has 1 N–H and O–H groups in total. The van der Waals surface area contributed by atoms with Gasteiger partial charge in [-0.1, -0.05) is 0 Å². The molecular formula is C15H17N3O4. The molecule has 1 aromatic carbocycles. The molecule has 7 heteroatoms. The second-order valence-corrected chi connectivity index (χ2v) is 5.52. The Morgan fingerprint density at radius 1 is 1.36 bits per heavy atom. The molecule has 2 atom stereocenters. The van der Waals surface area contributed by atoms with E-state index in [0.717, 1.165) is 12.8 Å². The number of fused-ring (bicyclic) bond motifs is 1.